The minimum atomic E-state index is 0.363. The first-order valence-electron chi connectivity index (χ1n) is 6.14. The fourth-order valence-electron chi connectivity index (χ4n) is 1.90. The highest BCUT2D eigenvalue weighted by Crippen LogP contribution is 2.24. The summed E-state index contributed by atoms with van der Waals surface area (Å²) in [5.41, 5.74) is 2.27. The van der Waals surface area contributed by atoms with Crippen molar-refractivity contribution in [3.8, 4) is 11.4 Å². The van der Waals surface area contributed by atoms with Crippen molar-refractivity contribution >= 4 is 11.3 Å². The summed E-state index contributed by atoms with van der Waals surface area (Å²) in [5.74, 6) is 1.93. The molecule has 2 aromatic rings. The molecule has 0 fully saturated rings. The van der Waals surface area contributed by atoms with Crippen molar-refractivity contribution in [1.82, 2.24) is 15.5 Å². The highest BCUT2D eigenvalue weighted by molar-refractivity contribution is 7.08. The molecule has 0 saturated heterocycles. The fraction of sp³-hybridized carbons (Fsp3) is 0.538. The zero-order chi connectivity index (χ0) is 13.1. The average molecular weight is 265 g/mol. The predicted molar refractivity (Wildman–Crippen MR) is 73.7 cm³/mol. The molecule has 0 aromatic carbocycles. The van der Waals surface area contributed by atoms with Gasteiger partial charge in [0.05, 0.1) is 0 Å². The largest absolute Gasteiger partial charge is 0.339 e. The van der Waals surface area contributed by atoms with Crippen molar-refractivity contribution in [2.24, 2.45) is 5.92 Å². The molecule has 0 radical (unpaired) electrons. The Morgan fingerprint density at radius 1 is 1.39 bits per heavy atom. The first-order chi connectivity index (χ1) is 8.61. The normalized spacial score (nSPS) is 13.2. The smallest absolute Gasteiger partial charge is 0.228 e. The van der Waals surface area contributed by atoms with E-state index in [2.05, 4.69) is 47.0 Å². The Morgan fingerprint density at radius 3 is 2.72 bits per heavy atom. The summed E-state index contributed by atoms with van der Waals surface area (Å²) in [6, 6.07) is 0.363. The van der Waals surface area contributed by atoms with Crippen molar-refractivity contribution < 1.29 is 4.52 Å². The molecule has 0 aliphatic heterocycles. The van der Waals surface area contributed by atoms with E-state index in [4.69, 9.17) is 4.52 Å². The van der Waals surface area contributed by atoms with Gasteiger partial charge >= 0.3 is 0 Å². The summed E-state index contributed by atoms with van der Waals surface area (Å²) >= 11 is 1.66. The van der Waals surface area contributed by atoms with Gasteiger partial charge in [-0.25, -0.2) is 0 Å². The van der Waals surface area contributed by atoms with Gasteiger partial charge in [0.25, 0.3) is 0 Å². The van der Waals surface area contributed by atoms with Crippen molar-refractivity contribution in [1.29, 1.82) is 0 Å². The Balaban J connectivity index is 2.14. The molecule has 98 valence electrons. The molecule has 0 amide bonds. The van der Waals surface area contributed by atoms with Crippen LogP contribution in [0.5, 0.6) is 0 Å². The first-order valence-corrected chi connectivity index (χ1v) is 7.09. The minimum absolute atomic E-state index is 0.363. The van der Waals surface area contributed by atoms with Gasteiger partial charge in [0.15, 0.2) is 0 Å². The summed E-state index contributed by atoms with van der Waals surface area (Å²) in [6.45, 7) is 6.43. The van der Waals surface area contributed by atoms with Crippen molar-refractivity contribution in [3.05, 3.63) is 22.2 Å². The van der Waals surface area contributed by atoms with Crippen LogP contribution in [0.25, 0.3) is 11.4 Å². The number of hydrogen-bond acceptors (Lipinski definition) is 5. The number of thiophene rings is 1. The van der Waals surface area contributed by atoms with Crippen molar-refractivity contribution in [3.63, 3.8) is 0 Å². The maximum absolute atomic E-state index is 5.33. The van der Waals surface area contributed by atoms with Crippen molar-refractivity contribution in [2.45, 2.75) is 33.2 Å². The van der Waals surface area contributed by atoms with E-state index >= 15 is 0 Å². The molecule has 2 rings (SSSR count). The molecule has 2 heterocycles. The minimum Gasteiger partial charge on any atom is -0.339 e. The topological polar surface area (TPSA) is 51.0 Å². The Hall–Kier alpha value is -1.20. The highest BCUT2D eigenvalue weighted by atomic mass is 32.1. The van der Waals surface area contributed by atoms with Gasteiger partial charge in [-0.1, -0.05) is 19.0 Å². The van der Waals surface area contributed by atoms with Crippen LogP contribution in [-0.4, -0.2) is 23.2 Å². The molecule has 1 N–H and O–H groups in total. The second-order valence-corrected chi connectivity index (χ2v) is 5.57. The van der Waals surface area contributed by atoms with E-state index in [1.54, 1.807) is 11.3 Å². The number of hydrogen-bond donors (Lipinski definition) is 1. The maximum atomic E-state index is 5.33. The van der Waals surface area contributed by atoms with Crippen LogP contribution in [0.4, 0.5) is 0 Å². The van der Waals surface area contributed by atoms with Gasteiger partial charge in [0.1, 0.15) is 0 Å². The summed E-state index contributed by atoms with van der Waals surface area (Å²) in [5, 5.41) is 11.5. The number of likely N-dealkylation sites (N-methyl/N-ethyl adjacent to an activating group) is 1. The molecule has 0 aliphatic carbocycles. The van der Waals surface area contributed by atoms with E-state index in [1.807, 2.05) is 7.05 Å². The molecule has 4 nitrogen and oxygen atoms in total. The average Bonchev–Trinajstić information content (AvgIpc) is 2.94. The first kappa shape index (κ1) is 13.2. The van der Waals surface area contributed by atoms with Crippen LogP contribution >= 0.6 is 11.3 Å². The third-order valence-electron chi connectivity index (χ3n) is 3.13. The quantitative estimate of drug-likeness (QED) is 0.903. The molecule has 0 bridgehead atoms. The Labute approximate surface area is 111 Å². The molecular formula is C13H19N3OS. The van der Waals surface area contributed by atoms with Crippen LogP contribution in [0.1, 0.15) is 25.3 Å². The summed E-state index contributed by atoms with van der Waals surface area (Å²) in [7, 11) is 1.96. The number of rotatable bonds is 5. The van der Waals surface area contributed by atoms with Gasteiger partial charge in [-0.2, -0.15) is 16.3 Å². The van der Waals surface area contributed by atoms with Crippen LogP contribution in [-0.2, 0) is 6.42 Å². The van der Waals surface area contributed by atoms with Gasteiger partial charge < -0.3 is 9.84 Å². The van der Waals surface area contributed by atoms with E-state index in [0.717, 1.165) is 12.0 Å². The monoisotopic (exact) mass is 265 g/mol. The summed E-state index contributed by atoms with van der Waals surface area (Å²) in [6.07, 6.45) is 0.768. The maximum Gasteiger partial charge on any atom is 0.228 e. The molecule has 1 unspecified atom stereocenters. The predicted octanol–water partition coefficient (Wildman–Crippen LogP) is 2.89. The Bertz CT molecular complexity index is 504. The lowest BCUT2D eigenvalue weighted by molar-refractivity contribution is 0.335. The SMILES string of the molecule is CNC(Cc1nc(-c2cscc2C)no1)C(C)C. The van der Waals surface area contributed by atoms with Crippen LogP contribution in [0, 0.1) is 12.8 Å². The molecule has 0 spiro atoms. The van der Waals surface area contributed by atoms with E-state index in [9.17, 15) is 0 Å². The summed E-state index contributed by atoms with van der Waals surface area (Å²) in [4.78, 5) is 4.47. The van der Waals surface area contributed by atoms with E-state index in [1.165, 1.54) is 5.56 Å². The lowest BCUT2D eigenvalue weighted by Crippen LogP contribution is -2.32. The van der Waals surface area contributed by atoms with Crippen LogP contribution in [0.15, 0.2) is 15.3 Å². The lowest BCUT2D eigenvalue weighted by atomic mass is 10.0. The molecular weight excluding hydrogens is 246 g/mol. The lowest BCUT2D eigenvalue weighted by Gasteiger charge is -2.17. The standard InChI is InChI=1S/C13H19N3OS/c1-8(2)11(14-4)5-12-15-13(16-17-12)10-7-18-6-9(10)3/h6-8,11,14H,5H2,1-4H3. The van der Waals surface area contributed by atoms with Gasteiger partial charge in [-0.15, -0.1) is 0 Å². The molecule has 18 heavy (non-hydrogen) atoms. The number of aryl methyl sites for hydroxylation is 1. The van der Waals surface area contributed by atoms with Gasteiger partial charge in [0.2, 0.25) is 11.7 Å². The van der Waals surface area contributed by atoms with Gasteiger partial charge in [0, 0.05) is 23.4 Å². The second-order valence-electron chi connectivity index (χ2n) is 4.82. The van der Waals surface area contributed by atoms with Crippen LogP contribution in [0.2, 0.25) is 0 Å². The fourth-order valence-corrected chi connectivity index (χ4v) is 2.72. The Morgan fingerprint density at radius 2 is 2.17 bits per heavy atom. The number of nitrogens with one attached hydrogen (secondary N) is 1. The zero-order valence-corrected chi connectivity index (χ0v) is 12.0. The molecule has 2 aromatic heterocycles. The van der Waals surface area contributed by atoms with Crippen LogP contribution in [0.3, 0.4) is 0 Å². The molecule has 0 saturated carbocycles. The van der Waals surface area contributed by atoms with E-state index < -0.39 is 0 Å². The highest BCUT2D eigenvalue weighted by Gasteiger charge is 2.17. The third-order valence-corrected chi connectivity index (χ3v) is 4.00. The molecule has 1 atom stereocenters. The molecule has 0 aliphatic rings. The van der Waals surface area contributed by atoms with E-state index in [0.29, 0.717) is 23.7 Å². The number of nitrogens with zero attached hydrogens (tertiary/aromatic N) is 2. The van der Waals surface area contributed by atoms with E-state index in [-0.39, 0.29) is 0 Å². The molecule has 5 heteroatoms. The third kappa shape index (κ3) is 2.79. The second kappa shape index (κ2) is 5.63. The Kier molecular flexibility index (Phi) is 4.14. The van der Waals surface area contributed by atoms with Gasteiger partial charge in [-0.05, 0) is 30.8 Å². The van der Waals surface area contributed by atoms with Crippen molar-refractivity contribution in [2.75, 3.05) is 7.05 Å². The zero-order valence-electron chi connectivity index (χ0n) is 11.2. The van der Waals surface area contributed by atoms with Crippen LogP contribution < -0.4 is 5.32 Å². The number of aromatic nitrogens is 2. The van der Waals surface area contributed by atoms with Gasteiger partial charge in [-0.3, -0.25) is 0 Å². The summed E-state index contributed by atoms with van der Waals surface area (Å²) < 4.78 is 5.33.